The standard InChI is InChI=1S/C22H26N4O2S/c1-23-22(26-17-10-11-19(27-2)20(13-17)28-3)24-14-18-15-29-21(25-18)12-9-16-7-5-4-6-8-16/h4-8,10-11,13,15H,9,12,14H2,1-3H3,(H2,23,24,26). The van der Waals surface area contributed by atoms with Crippen molar-refractivity contribution in [3.63, 3.8) is 0 Å². The molecule has 0 aliphatic rings. The number of nitrogens with one attached hydrogen (secondary N) is 2. The summed E-state index contributed by atoms with van der Waals surface area (Å²) in [5.41, 5.74) is 3.20. The van der Waals surface area contributed by atoms with E-state index >= 15 is 0 Å². The van der Waals surface area contributed by atoms with Crippen LogP contribution in [-0.2, 0) is 19.4 Å². The number of nitrogens with zero attached hydrogens (tertiary/aromatic N) is 2. The van der Waals surface area contributed by atoms with Crippen molar-refractivity contribution in [3.05, 3.63) is 70.2 Å². The molecular formula is C22H26N4O2S. The second-order valence-corrected chi connectivity index (χ2v) is 7.28. The summed E-state index contributed by atoms with van der Waals surface area (Å²) in [6.07, 6.45) is 1.96. The molecule has 6 nitrogen and oxygen atoms in total. The summed E-state index contributed by atoms with van der Waals surface area (Å²) in [5, 5.41) is 9.80. The molecule has 0 amide bonds. The number of ether oxygens (including phenoxy) is 2. The van der Waals surface area contributed by atoms with E-state index in [1.165, 1.54) is 5.56 Å². The number of aliphatic imine (C=N–C) groups is 1. The molecule has 0 radical (unpaired) electrons. The molecule has 2 aromatic carbocycles. The van der Waals surface area contributed by atoms with Crippen LogP contribution in [0.3, 0.4) is 0 Å². The van der Waals surface area contributed by atoms with Gasteiger partial charge in [-0.15, -0.1) is 11.3 Å². The van der Waals surface area contributed by atoms with Crippen LogP contribution in [0.1, 0.15) is 16.3 Å². The summed E-state index contributed by atoms with van der Waals surface area (Å²) >= 11 is 1.70. The minimum absolute atomic E-state index is 0.606. The van der Waals surface area contributed by atoms with Gasteiger partial charge >= 0.3 is 0 Å². The molecule has 0 spiro atoms. The molecule has 0 saturated heterocycles. The van der Waals surface area contributed by atoms with Crippen LogP contribution in [0, 0.1) is 0 Å². The van der Waals surface area contributed by atoms with Gasteiger partial charge in [-0.05, 0) is 24.1 Å². The topological polar surface area (TPSA) is 67.8 Å². The molecule has 3 rings (SSSR count). The number of guanidine groups is 1. The maximum atomic E-state index is 5.35. The first-order chi connectivity index (χ1) is 14.2. The zero-order chi connectivity index (χ0) is 20.5. The number of rotatable bonds is 8. The van der Waals surface area contributed by atoms with Crippen LogP contribution in [0.4, 0.5) is 5.69 Å². The Morgan fingerprint density at radius 2 is 1.83 bits per heavy atom. The zero-order valence-electron chi connectivity index (χ0n) is 16.9. The summed E-state index contributed by atoms with van der Waals surface area (Å²) < 4.78 is 10.6. The van der Waals surface area contributed by atoms with Crippen molar-refractivity contribution in [1.29, 1.82) is 0 Å². The SMILES string of the molecule is CN=C(NCc1csc(CCc2ccccc2)n1)Nc1ccc(OC)c(OC)c1. The molecule has 2 N–H and O–H groups in total. The van der Waals surface area contributed by atoms with E-state index in [2.05, 4.69) is 45.3 Å². The van der Waals surface area contributed by atoms with Gasteiger partial charge in [-0.25, -0.2) is 4.98 Å². The molecule has 0 fully saturated rings. The van der Waals surface area contributed by atoms with Gasteiger partial charge in [-0.3, -0.25) is 4.99 Å². The normalized spacial score (nSPS) is 11.2. The molecule has 0 aliphatic heterocycles. The minimum atomic E-state index is 0.606. The van der Waals surface area contributed by atoms with Crippen LogP contribution in [-0.4, -0.2) is 32.2 Å². The Hall–Kier alpha value is -3.06. The van der Waals surface area contributed by atoms with E-state index in [0.717, 1.165) is 29.2 Å². The van der Waals surface area contributed by atoms with Crippen molar-refractivity contribution in [2.45, 2.75) is 19.4 Å². The zero-order valence-corrected chi connectivity index (χ0v) is 17.8. The lowest BCUT2D eigenvalue weighted by Gasteiger charge is -2.13. The molecule has 1 heterocycles. The summed E-state index contributed by atoms with van der Waals surface area (Å²) in [6.45, 7) is 0.606. The first-order valence-electron chi connectivity index (χ1n) is 9.38. The van der Waals surface area contributed by atoms with Crippen molar-refractivity contribution >= 4 is 23.0 Å². The van der Waals surface area contributed by atoms with Gasteiger partial charge in [0, 0.05) is 30.6 Å². The predicted molar refractivity (Wildman–Crippen MR) is 119 cm³/mol. The molecule has 3 aromatic rings. The van der Waals surface area contributed by atoms with E-state index in [4.69, 9.17) is 14.5 Å². The van der Waals surface area contributed by atoms with Crippen molar-refractivity contribution < 1.29 is 9.47 Å². The lowest BCUT2D eigenvalue weighted by molar-refractivity contribution is 0.355. The molecule has 0 atom stereocenters. The molecule has 1 aromatic heterocycles. The van der Waals surface area contributed by atoms with Crippen molar-refractivity contribution in [2.24, 2.45) is 4.99 Å². The monoisotopic (exact) mass is 410 g/mol. The Morgan fingerprint density at radius 3 is 2.55 bits per heavy atom. The summed E-state index contributed by atoms with van der Waals surface area (Å²) in [7, 11) is 4.97. The number of aryl methyl sites for hydroxylation is 2. The number of anilines is 1. The highest BCUT2D eigenvalue weighted by Gasteiger charge is 2.08. The third-order valence-corrected chi connectivity index (χ3v) is 5.33. The van der Waals surface area contributed by atoms with E-state index in [-0.39, 0.29) is 0 Å². The van der Waals surface area contributed by atoms with E-state index in [0.29, 0.717) is 24.0 Å². The maximum Gasteiger partial charge on any atom is 0.195 e. The van der Waals surface area contributed by atoms with Crippen LogP contribution in [0.15, 0.2) is 58.9 Å². The van der Waals surface area contributed by atoms with Crippen LogP contribution < -0.4 is 20.1 Å². The summed E-state index contributed by atoms with van der Waals surface area (Å²) in [6, 6.07) is 16.1. The third-order valence-electron chi connectivity index (χ3n) is 4.38. The molecule has 0 bridgehead atoms. The van der Waals surface area contributed by atoms with Gasteiger partial charge in [0.1, 0.15) is 0 Å². The van der Waals surface area contributed by atoms with Crippen molar-refractivity contribution in [2.75, 3.05) is 26.6 Å². The molecule has 0 saturated carbocycles. The van der Waals surface area contributed by atoms with E-state index in [1.54, 1.807) is 32.6 Å². The number of hydrogen-bond acceptors (Lipinski definition) is 5. The number of methoxy groups -OCH3 is 2. The quantitative estimate of drug-likeness (QED) is 0.432. The fourth-order valence-electron chi connectivity index (χ4n) is 2.85. The van der Waals surface area contributed by atoms with Gasteiger partial charge in [-0.2, -0.15) is 0 Å². The third kappa shape index (κ3) is 5.96. The second-order valence-electron chi connectivity index (χ2n) is 6.34. The molecule has 29 heavy (non-hydrogen) atoms. The van der Waals surface area contributed by atoms with Crippen LogP contribution >= 0.6 is 11.3 Å². The number of hydrogen-bond donors (Lipinski definition) is 2. The van der Waals surface area contributed by atoms with E-state index in [1.807, 2.05) is 24.3 Å². The van der Waals surface area contributed by atoms with Gasteiger partial charge < -0.3 is 20.1 Å². The largest absolute Gasteiger partial charge is 0.493 e. The fraction of sp³-hybridized carbons (Fsp3) is 0.273. The molecule has 152 valence electrons. The lowest BCUT2D eigenvalue weighted by Crippen LogP contribution is -2.30. The van der Waals surface area contributed by atoms with Crippen LogP contribution in [0.5, 0.6) is 11.5 Å². The van der Waals surface area contributed by atoms with Gasteiger partial charge in [0.05, 0.1) is 31.5 Å². The van der Waals surface area contributed by atoms with Gasteiger partial charge in [0.15, 0.2) is 17.5 Å². The summed E-state index contributed by atoms with van der Waals surface area (Å²) in [4.78, 5) is 9.00. The molecule has 7 heteroatoms. The number of aromatic nitrogens is 1. The van der Waals surface area contributed by atoms with Gasteiger partial charge in [0.2, 0.25) is 0 Å². The van der Waals surface area contributed by atoms with Crippen LogP contribution in [0.2, 0.25) is 0 Å². The Kier molecular flexibility index (Phi) is 7.47. The number of benzene rings is 2. The fourth-order valence-corrected chi connectivity index (χ4v) is 3.64. The first kappa shape index (κ1) is 20.7. The minimum Gasteiger partial charge on any atom is -0.493 e. The average molecular weight is 411 g/mol. The smallest absolute Gasteiger partial charge is 0.195 e. The van der Waals surface area contributed by atoms with Crippen molar-refractivity contribution in [3.8, 4) is 11.5 Å². The Bertz CT molecular complexity index is 941. The Balaban J connectivity index is 1.53. The Morgan fingerprint density at radius 1 is 1.03 bits per heavy atom. The van der Waals surface area contributed by atoms with E-state index < -0.39 is 0 Å². The maximum absolute atomic E-state index is 5.35. The van der Waals surface area contributed by atoms with Gasteiger partial charge in [0.25, 0.3) is 0 Å². The summed E-state index contributed by atoms with van der Waals surface area (Å²) in [5.74, 6) is 2.01. The highest BCUT2D eigenvalue weighted by atomic mass is 32.1. The Labute approximate surface area is 175 Å². The first-order valence-corrected chi connectivity index (χ1v) is 10.3. The molecule has 0 unspecified atom stereocenters. The van der Waals surface area contributed by atoms with Crippen LogP contribution in [0.25, 0.3) is 0 Å². The van der Waals surface area contributed by atoms with E-state index in [9.17, 15) is 0 Å². The van der Waals surface area contributed by atoms with Crippen molar-refractivity contribution in [1.82, 2.24) is 10.3 Å². The highest BCUT2D eigenvalue weighted by Crippen LogP contribution is 2.29. The lowest BCUT2D eigenvalue weighted by atomic mass is 10.1. The molecule has 0 aliphatic carbocycles. The number of thiazole rings is 1. The van der Waals surface area contributed by atoms with Gasteiger partial charge in [-0.1, -0.05) is 30.3 Å². The molecular weight excluding hydrogens is 384 g/mol. The predicted octanol–water partition coefficient (Wildman–Crippen LogP) is 4.13. The second kappa shape index (κ2) is 10.5. The highest BCUT2D eigenvalue weighted by molar-refractivity contribution is 7.09. The average Bonchev–Trinajstić information content (AvgIpc) is 3.23.